The summed E-state index contributed by atoms with van der Waals surface area (Å²) in [4.78, 5) is 76.6. The fourth-order valence-corrected chi connectivity index (χ4v) is 5.04. The van der Waals surface area contributed by atoms with E-state index in [1.807, 2.05) is 44.2 Å². The van der Waals surface area contributed by atoms with Crippen LogP contribution < -0.4 is 5.32 Å². The SMILES string of the molecule is CC(C)C[C@H](CC(=O)[C@H](Cc1ccccc1)NC(=O)c1cnccn1)B1OC(=O)C[C@](CC(=O)N(C)C)(C(=O)N(C)C)O1. The molecule has 2 heterocycles. The van der Waals surface area contributed by atoms with Gasteiger partial charge in [-0.25, -0.2) is 4.98 Å². The number of ketones is 1. The van der Waals surface area contributed by atoms with E-state index in [1.54, 1.807) is 14.1 Å². The molecule has 1 aliphatic heterocycles. The number of carbonyl (C=O) groups excluding carboxylic acids is 5. The number of benzene rings is 1. The molecule has 0 saturated carbocycles. The molecule has 3 atom stereocenters. The molecule has 0 unspecified atom stereocenters. The van der Waals surface area contributed by atoms with Crippen LogP contribution in [0.3, 0.4) is 0 Å². The lowest BCUT2D eigenvalue weighted by atomic mass is 9.63. The summed E-state index contributed by atoms with van der Waals surface area (Å²) in [5.74, 6) is -3.10. The van der Waals surface area contributed by atoms with Crippen LogP contribution >= 0.6 is 0 Å². The zero-order chi connectivity index (χ0) is 31.7. The van der Waals surface area contributed by atoms with Crippen molar-refractivity contribution in [2.24, 2.45) is 5.92 Å². The number of nitrogens with one attached hydrogen (secondary N) is 1. The predicted molar refractivity (Wildman–Crippen MR) is 159 cm³/mol. The van der Waals surface area contributed by atoms with Crippen LogP contribution in [0, 0.1) is 5.92 Å². The number of nitrogens with zero attached hydrogens (tertiary/aromatic N) is 4. The maximum atomic E-state index is 13.9. The van der Waals surface area contributed by atoms with Gasteiger partial charge in [0.05, 0.1) is 25.1 Å². The van der Waals surface area contributed by atoms with E-state index in [2.05, 4.69) is 15.3 Å². The van der Waals surface area contributed by atoms with Gasteiger partial charge in [0.25, 0.3) is 17.8 Å². The summed E-state index contributed by atoms with van der Waals surface area (Å²) in [5, 5.41) is 2.79. The zero-order valence-corrected chi connectivity index (χ0v) is 25.6. The van der Waals surface area contributed by atoms with E-state index in [9.17, 15) is 24.0 Å². The molecule has 230 valence electrons. The first-order chi connectivity index (χ1) is 20.3. The highest BCUT2D eigenvalue weighted by atomic mass is 16.6. The van der Waals surface area contributed by atoms with Crippen molar-refractivity contribution in [3.05, 3.63) is 60.2 Å². The van der Waals surface area contributed by atoms with Crippen molar-refractivity contribution >= 4 is 36.6 Å². The van der Waals surface area contributed by atoms with E-state index in [-0.39, 0.29) is 36.7 Å². The van der Waals surface area contributed by atoms with E-state index >= 15 is 0 Å². The molecule has 0 spiro atoms. The Labute approximate surface area is 252 Å². The average molecular weight is 593 g/mol. The molecule has 1 aromatic carbocycles. The van der Waals surface area contributed by atoms with Crippen LogP contribution in [0.2, 0.25) is 5.82 Å². The lowest BCUT2D eigenvalue weighted by Crippen LogP contribution is -2.59. The van der Waals surface area contributed by atoms with Gasteiger partial charge in [-0.15, -0.1) is 0 Å². The molecule has 1 saturated heterocycles. The summed E-state index contributed by atoms with van der Waals surface area (Å²) in [5.41, 5.74) is -0.889. The van der Waals surface area contributed by atoms with Crippen molar-refractivity contribution in [1.82, 2.24) is 25.1 Å². The van der Waals surface area contributed by atoms with Crippen molar-refractivity contribution in [3.8, 4) is 0 Å². The Bertz CT molecular complexity index is 1290. The second-order valence-electron chi connectivity index (χ2n) is 11.7. The summed E-state index contributed by atoms with van der Waals surface area (Å²) < 4.78 is 11.9. The Balaban J connectivity index is 1.92. The van der Waals surface area contributed by atoms with Crippen molar-refractivity contribution in [3.63, 3.8) is 0 Å². The second-order valence-corrected chi connectivity index (χ2v) is 11.7. The molecule has 43 heavy (non-hydrogen) atoms. The molecule has 13 heteroatoms. The van der Waals surface area contributed by atoms with Crippen LogP contribution in [0.5, 0.6) is 0 Å². The van der Waals surface area contributed by atoms with E-state index in [1.165, 1.54) is 42.5 Å². The minimum atomic E-state index is -1.78. The van der Waals surface area contributed by atoms with Gasteiger partial charge in [0.2, 0.25) is 5.91 Å². The highest BCUT2D eigenvalue weighted by Gasteiger charge is 2.55. The van der Waals surface area contributed by atoms with E-state index in [4.69, 9.17) is 9.31 Å². The minimum Gasteiger partial charge on any atom is -0.509 e. The number of hydrogen-bond acceptors (Lipinski definition) is 9. The van der Waals surface area contributed by atoms with Gasteiger partial charge in [0.1, 0.15) is 5.69 Å². The number of Topliss-reactive ketones (excluding diaryl/α,β-unsaturated/α-hetero) is 1. The molecule has 1 aromatic heterocycles. The third kappa shape index (κ3) is 9.18. The summed E-state index contributed by atoms with van der Waals surface area (Å²) in [6.45, 7) is 3.90. The van der Waals surface area contributed by atoms with Gasteiger partial charge < -0.3 is 24.4 Å². The van der Waals surface area contributed by atoms with E-state index in [0.717, 1.165) is 5.56 Å². The maximum Gasteiger partial charge on any atom is 0.531 e. The Morgan fingerprint density at radius 3 is 2.33 bits per heavy atom. The van der Waals surface area contributed by atoms with Crippen molar-refractivity contribution in [2.45, 2.75) is 63.4 Å². The first-order valence-corrected chi connectivity index (χ1v) is 14.2. The van der Waals surface area contributed by atoms with Gasteiger partial charge in [0, 0.05) is 52.8 Å². The Morgan fingerprint density at radius 2 is 1.74 bits per heavy atom. The monoisotopic (exact) mass is 593 g/mol. The summed E-state index contributed by atoms with van der Waals surface area (Å²) >= 11 is 0. The molecule has 1 N–H and O–H groups in total. The Morgan fingerprint density at radius 1 is 1.05 bits per heavy atom. The second kappa shape index (κ2) is 14.9. The summed E-state index contributed by atoms with van der Waals surface area (Å²) in [6.07, 6.45) is 3.84. The largest absolute Gasteiger partial charge is 0.531 e. The Kier molecular flexibility index (Phi) is 11.5. The van der Waals surface area contributed by atoms with Gasteiger partial charge in [-0.1, -0.05) is 44.2 Å². The normalized spacial score (nSPS) is 17.9. The highest BCUT2D eigenvalue weighted by Crippen LogP contribution is 2.37. The van der Waals surface area contributed by atoms with Crippen LogP contribution in [-0.4, -0.2) is 96.2 Å². The molecule has 0 radical (unpaired) electrons. The fourth-order valence-electron chi connectivity index (χ4n) is 5.04. The van der Waals surface area contributed by atoms with E-state index in [0.29, 0.717) is 6.42 Å². The number of carbonyl (C=O) groups is 5. The number of likely N-dealkylation sites (N-methyl/N-ethyl adjacent to an activating group) is 1. The van der Waals surface area contributed by atoms with Gasteiger partial charge in [0.15, 0.2) is 11.4 Å². The average Bonchev–Trinajstić information content (AvgIpc) is 2.96. The molecular weight excluding hydrogens is 553 g/mol. The lowest BCUT2D eigenvalue weighted by Gasteiger charge is -2.41. The van der Waals surface area contributed by atoms with Gasteiger partial charge in [-0.2, -0.15) is 0 Å². The van der Waals surface area contributed by atoms with Gasteiger partial charge >= 0.3 is 7.12 Å². The first-order valence-electron chi connectivity index (χ1n) is 14.2. The topological polar surface area (TPSA) is 148 Å². The summed E-state index contributed by atoms with van der Waals surface area (Å²) in [6, 6.07) is 8.32. The van der Waals surface area contributed by atoms with Crippen molar-refractivity contribution < 1.29 is 33.3 Å². The highest BCUT2D eigenvalue weighted by molar-refractivity contribution is 6.50. The van der Waals surface area contributed by atoms with Crippen LogP contribution in [-0.2, 0) is 34.9 Å². The molecule has 1 fully saturated rings. The van der Waals surface area contributed by atoms with Crippen LogP contribution in [0.1, 0.15) is 55.6 Å². The third-order valence-corrected chi connectivity index (χ3v) is 7.15. The lowest BCUT2D eigenvalue weighted by molar-refractivity contribution is -0.167. The summed E-state index contributed by atoms with van der Waals surface area (Å²) in [7, 11) is 4.88. The standard InChI is InChI=1S/C30H40BN5O7/c1-20(2)14-22(31-42-27(39)18-30(43-31,29(41)36(5)6)17-26(38)35(3)4)16-25(37)23(15-21-10-8-7-9-11-21)34-28(40)24-19-32-12-13-33-24/h7-13,19-20,22-23H,14-18H2,1-6H3,(H,34,40)/t22-,23+,30-/m1/s1. The third-order valence-electron chi connectivity index (χ3n) is 7.15. The van der Waals surface area contributed by atoms with E-state index < -0.39 is 54.7 Å². The van der Waals surface area contributed by atoms with Gasteiger partial charge in [-0.3, -0.25) is 29.0 Å². The quantitative estimate of drug-likeness (QED) is 0.344. The number of amides is 3. The van der Waals surface area contributed by atoms with Crippen molar-refractivity contribution in [1.29, 1.82) is 0 Å². The molecule has 3 amide bonds. The van der Waals surface area contributed by atoms with Crippen LogP contribution in [0.4, 0.5) is 0 Å². The minimum absolute atomic E-state index is 0.0612. The first kappa shape index (κ1) is 33.4. The number of aromatic nitrogens is 2. The fraction of sp³-hybridized carbons (Fsp3) is 0.500. The van der Waals surface area contributed by atoms with Crippen LogP contribution in [0.15, 0.2) is 48.9 Å². The number of rotatable bonds is 13. The predicted octanol–water partition coefficient (Wildman–Crippen LogP) is 1.95. The smallest absolute Gasteiger partial charge is 0.509 e. The molecule has 12 nitrogen and oxygen atoms in total. The zero-order valence-electron chi connectivity index (χ0n) is 25.6. The Hall–Kier alpha value is -4.13. The maximum absolute atomic E-state index is 13.9. The molecule has 3 rings (SSSR count). The molecule has 0 bridgehead atoms. The van der Waals surface area contributed by atoms with Crippen molar-refractivity contribution in [2.75, 3.05) is 28.2 Å². The van der Waals surface area contributed by atoms with Gasteiger partial charge in [-0.05, 0) is 24.3 Å². The molecule has 0 aliphatic carbocycles. The van der Waals surface area contributed by atoms with Crippen LogP contribution in [0.25, 0.3) is 0 Å². The number of hydrogen-bond donors (Lipinski definition) is 1. The molecule has 2 aromatic rings. The molecular formula is C30H40BN5O7. The molecule has 1 aliphatic rings.